The third kappa shape index (κ3) is 1.55. The molecule has 1 N–H and O–H groups in total. The summed E-state index contributed by atoms with van der Waals surface area (Å²) < 4.78 is 2.17. The van der Waals surface area contributed by atoms with Crippen molar-refractivity contribution in [2.24, 2.45) is 7.05 Å². The summed E-state index contributed by atoms with van der Waals surface area (Å²) >= 11 is 0. The van der Waals surface area contributed by atoms with Crippen LogP contribution in [0.1, 0.15) is 24.1 Å². The third-order valence-electron chi connectivity index (χ3n) is 3.36. The molecule has 0 saturated carbocycles. The van der Waals surface area contributed by atoms with E-state index in [4.69, 9.17) is 0 Å². The Balaban J connectivity index is 2.20. The van der Waals surface area contributed by atoms with Gasteiger partial charge in [-0.15, -0.1) is 0 Å². The van der Waals surface area contributed by atoms with Gasteiger partial charge in [0.25, 0.3) is 0 Å². The van der Waals surface area contributed by atoms with Gasteiger partial charge in [0.1, 0.15) is 0 Å². The molecule has 3 heteroatoms. The van der Waals surface area contributed by atoms with Crippen molar-refractivity contribution in [1.29, 1.82) is 0 Å². The van der Waals surface area contributed by atoms with Gasteiger partial charge >= 0.3 is 0 Å². The Hall–Kier alpha value is -2.03. The van der Waals surface area contributed by atoms with Gasteiger partial charge in [0, 0.05) is 25.4 Å². The Morgan fingerprint density at radius 3 is 2.94 bits per heavy atom. The van der Waals surface area contributed by atoms with Crippen molar-refractivity contribution in [2.75, 3.05) is 0 Å². The number of imidazole rings is 1. The molecule has 0 radical (unpaired) electrons. The van der Waals surface area contributed by atoms with Crippen molar-refractivity contribution in [3.63, 3.8) is 0 Å². The van der Waals surface area contributed by atoms with E-state index in [9.17, 15) is 0 Å². The molecule has 0 aliphatic heterocycles. The maximum absolute atomic E-state index is 4.35. The Morgan fingerprint density at radius 2 is 2.18 bits per heavy atom. The molecule has 0 amide bonds. The maximum Gasteiger partial charge on any atom is 0.0923 e. The van der Waals surface area contributed by atoms with Crippen LogP contribution < -0.4 is 0 Å². The smallest absolute Gasteiger partial charge is 0.0923 e. The molecule has 2 aromatic heterocycles. The van der Waals surface area contributed by atoms with Gasteiger partial charge in [0.15, 0.2) is 0 Å². The number of aryl methyl sites for hydroxylation is 1. The highest BCUT2D eigenvalue weighted by Crippen LogP contribution is 2.29. The van der Waals surface area contributed by atoms with Crippen molar-refractivity contribution < 1.29 is 0 Å². The number of rotatable bonds is 2. The predicted octanol–water partition coefficient (Wildman–Crippen LogP) is 3.05. The van der Waals surface area contributed by atoms with E-state index in [1.54, 1.807) is 6.33 Å². The van der Waals surface area contributed by atoms with Gasteiger partial charge in [-0.2, -0.15) is 0 Å². The van der Waals surface area contributed by atoms with E-state index in [1.807, 2.05) is 6.20 Å². The lowest BCUT2D eigenvalue weighted by Crippen LogP contribution is -1.99. The summed E-state index contributed by atoms with van der Waals surface area (Å²) in [6.45, 7) is 2.19. The quantitative estimate of drug-likeness (QED) is 0.714. The largest absolute Gasteiger partial charge is 0.351 e. The van der Waals surface area contributed by atoms with Crippen LogP contribution in [0.5, 0.6) is 0 Å². The van der Waals surface area contributed by atoms with E-state index in [0.717, 1.165) is 5.69 Å². The second-order valence-electron chi connectivity index (χ2n) is 4.43. The molecule has 0 aliphatic rings. The average Bonchev–Trinajstić information content (AvgIpc) is 2.98. The van der Waals surface area contributed by atoms with Crippen LogP contribution >= 0.6 is 0 Å². The van der Waals surface area contributed by atoms with Crippen LogP contribution in [0.2, 0.25) is 0 Å². The van der Waals surface area contributed by atoms with E-state index in [-0.39, 0.29) is 0 Å². The fourth-order valence-corrected chi connectivity index (χ4v) is 2.41. The molecule has 0 saturated heterocycles. The van der Waals surface area contributed by atoms with Crippen LogP contribution in [0.4, 0.5) is 0 Å². The third-order valence-corrected chi connectivity index (χ3v) is 3.36. The Morgan fingerprint density at radius 1 is 1.29 bits per heavy atom. The first kappa shape index (κ1) is 10.1. The van der Waals surface area contributed by atoms with Crippen LogP contribution in [0.25, 0.3) is 10.9 Å². The molecule has 0 fully saturated rings. The number of hydrogen-bond acceptors (Lipinski definition) is 1. The number of aromatic amines is 1. The number of benzene rings is 1. The molecule has 3 rings (SSSR count). The van der Waals surface area contributed by atoms with Crippen LogP contribution in [-0.4, -0.2) is 14.5 Å². The topological polar surface area (TPSA) is 33.6 Å². The molecule has 1 aromatic carbocycles. The minimum atomic E-state index is 0.304. The van der Waals surface area contributed by atoms with E-state index in [1.165, 1.54) is 16.5 Å². The molecule has 0 aliphatic carbocycles. The first-order valence-corrected chi connectivity index (χ1v) is 5.80. The number of hydrogen-bond donors (Lipinski definition) is 1. The molecular weight excluding hydrogens is 210 g/mol. The van der Waals surface area contributed by atoms with Gasteiger partial charge in [-0.1, -0.05) is 25.1 Å². The molecule has 17 heavy (non-hydrogen) atoms. The second kappa shape index (κ2) is 3.77. The number of para-hydroxylation sites is 1. The highest BCUT2D eigenvalue weighted by Gasteiger charge is 2.14. The Kier molecular flexibility index (Phi) is 2.25. The van der Waals surface area contributed by atoms with E-state index in [2.05, 4.69) is 59.0 Å². The van der Waals surface area contributed by atoms with Gasteiger partial charge in [0.05, 0.1) is 17.5 Å². The maximum atomic E-state index is 4.35. The molecule has 1 atom stereocenters. The molecule has 2 heterocycles. The minimum absolute atomic E-state index is 0.304. The van der Waals surface area contributed by atoms with Crippen LogP contribution in [0.3, 0.4) is 0 Å². The zero-order valence-corrected chi connectivity index (χ0v) is 10.0. The number of H-pyrrole nitrogens is 1. The summed E-state index contributed by atoms with van der Waals surface area (Å²) in [7, 11) is 2.09. The zero-order valence-electron chi connectivity index (χ0n) is 10.0. The lowest BCUT2D eigenvalue weighted by Gasteiger charge is -2.12. The highest BCUT2D eigenvalue weighted by molar-refractivity contribution is 5.84. The van der Waals surface area contributed by atoms with E-state index < -0.39 is 0 Å². The van der Waals surface area contributed by atoms with Gasteiger partial charge in [-0.25, -0.2) is 4.98 Å². The monoisotopic (exact) mass is 225 g/mol. The predicted molar refractivity (Wildman–Crippen MR) is 69.0 cm³/mol. The van der Waals surface area contributed by atoms with Crippen LogP contribution in [-0.2, 0) is 7.05 Å². The fourth-order valence-electron chi connectivity index (χ4n) is 2.41. The van der Waals surface area contributed by atoms with Crippen LogP contribution in [0, 0.1) is 0 Å². The first-order chi connectivity index (χ1) is 8.27. The molecule has 1 unspecified atom stereocenters. The van der Waals surface area contributed by atoms with Gasteiger partial charge in [-0.3, -0.25) is 0 Å². The molecular formula is C14H15N3. The van der Waals surface area contributed by atoms with Crippen molar-refractivity contribution in [2.45, 2.75) is 12.8 Å². The highest BCUT2D eigenvalue weighted by atomic mass is 14.9. The van der Waals surface area contributed by atoms with Crippen LogP contribution in [0.15, 0.2) is 43.0 Å². The summed E-state index contributed by atoms with van der Waals surface area (Å²) in [5, 5.41) is 1.28. The number of nitrogens with one attached hydrogen (secondary N) is 1. The summed E-state index contributed by atoms with van der Waals surface area (Å²) in [4.78, 5) is 7.37. The molecule has 3 aromatic rings. The first-order valence-electron chi connectivity index (χ1n) is 5.80. The standard InChI is InChI=1S/C14H15N3/c1-10(13-8-15-9-16-13)12-5-3-4-11-6-7-17(2)14(11)12/h3-10H,1-2H3,(H,15,16). The lowest BCUT2D eigenvalue weighted by atomic mass is 9.96. The SMILES string of the molecule is CC(c1c[nH]cn1)c1cccc2ccn(C)c12. The molecule has 0 spiro atoms. The Labute approximate surface area is 100 Å². The van der Waals surface area contributed by atoms with Gasteiger partial charge < -0.3 is 9.55 Å². The number of fused-ring (bicyclic) bond motifs is 1. The van der Waals surface area contributed by atoms with E-state index in [0.29, 0.717) is 5.92 Å². The van der Waals surface area contributed by atoms with Gasteiger partial charge in [0.2, 0.25) is 0 Å². The zero-order chi connectivity index (χ0) is 11.8. The fraction of sp³-hybridized carbons (Fsp3) is 0.214. The average molecular weight is 225 g/mol. The minimum Gasteiger partial charge on any atom is -0.351 e. The van der Waals surface area contributed by atoms with Crippen molar-refractivity contribution in [1.82, 2.24) is 14.5 Å². The summed E-state index contributed by atoms with van der Waals surface area (Å²) in [5.74, 6) is 0.304. The van der Waals surface area contributed by atoms with Crippen molar-refractivity contribution >= 4 is 10.9 Å². The molecule has 0 bridgehead atoms. The van der Waals surface area contributed by atoms with Gasteiger partial charge in [-0.05, 0) is 17.0 Å². The molecule has 86 valence electrons. The molecule has 3 nitrogen and oxygen atoms in total. The van der Waals surface area contributed by atoms with E-state index >= 15 is 0 Å². The number of nitrogens with zero attached hydrogens (tertiary/aromatic N) is 2. The van der Waals surface area contributed by atoms with Crippen molar-refractivity contribution in [3.05, 3.63) is 54.2 Å². The van der Waals surface area contributed by atoms with Crippen molar-refractivity contribution in [3.8, 4) is 0 Å². The summed E-state index contributed by atoms with van der Waals surface area (Å²) in [6, 6.07) is 8.59. The summed E-state index contributed by atoms with van der Waals surface area (Å²) in [5.41, 5.74) is 3.70. The second-order valence-corrected chi connectivity index (χ2v) is 4.43. The normalized spacial score (nSPS) is 13.1. The summed E-state index contributed by atoms with van der Waals surface area (Å²) in [6.07, 6.45) is 5.80. The number of aromatic nitrogens is 3. The Bertz CT molecular complexity index is 635. The lowest BCUT2D eigenvalue weighted by molar-refractivity contribution is 0.871.